The van der Waals surface area contributed by atoms with Crippen LogP contribution in [-0.4, -0.2) is 30.1 Å². The molecule has 1 aromatic rings. The van der Waals surface area contributed by atoms with Gasteiger partial charge in [0.15, 0.2) is 0 Å². The number of hydrogen-bond donors (Lipinski definition) is 1. The number of nitrogens with two attached hydrogens (primary N) is 1. The Hall–Kier alpha value is -1.55. The number of nitrogens with zero attached hydrogens (tertiary/aromatic N) is 1. The first-order valence-electron chi connectivity index (χ1n) is 7.42. The molecule has 1 heterocycles. The second kappa shape index (κ2) is 7.29. The molecule has 0 spiro atoms. The number of benzene rings is 1. The van der Waals surface area contributed by atoms with E-state index in [2.05, 4.69) is 6.92 Å². The Bertz CT molecular complexity index is 414. The predicted molar refractivity (Wildman–Crippen MR) is 79.2 cm³/mol. The lowest BCUT2D eigenvalue weighted by Crippen LogP contribution is -2.43. The first-order chi connectivity index (χ1) is 9.70. The molecular weight excluding hydrogens is 252 g/mol. The largest absolute Gasteiger partial charge is 0.445 e. The summed E-state index contributed by atoms with van der Waals surface area (Å²) in [6.45, 7) is 3.97. The van der Waals surface area contributed by atoms with Crippen molar-refractivity contribution >= 4 is 6.09 Å². The number of amides is 1. The van der Waals surface area contributed by atoms with E-state index in [1.807, 2.05) is 30.3 Å². The molecule has 1 aromatic carbocycles. The number of carbonyl (C=O) groups is 1. The number of rotatable bonds is 4. The van der Waals surface area contributed by atoms with Crippen LogP contribution in [0.2, 0.25) is 0 Å². The quantitative estimate of drug-likeness (QED) is 0.920. The predicted octanol–water partition coefficient (Wildman–Crippen LogP) is 2.77. The first kappa shape index (κ1) is 14.9. The Balaban J connectivity index is 1.75. The van der Waals surface area contributed by atoms with Gasteiger partial charge in [-0.2, -0.15) is 0 Å². The van der Waals surface area contributed by atoms with Gasteiger partial charge >= 0.3 is 6.09 Å². The summed E-state index contributed by atoms with van der Waals surface area (Å²) in [7, 11) is 0. The average molecular weight is 276 g/mol. The highest BCUT2D eigenvalue weighted by Gasteiger charge is 2.26. The molecule has 4 nitrogen and oxygen atoms in total. The molecule has 110 valence electrons. The van der Waals surface area contributed by atoms with E-state index in [9.17, 15) is 4.79 Å². The fourth-order valence-electron chi connectivity index (χ4n) is 2.65. The van der Waals surface area contributed by atoms with Crippen LogP contribution in [0.15, 0.2) is 30.3 Å². The second-order valence-corrected chi connectivity index (χ2v) is 5.44. The molecule has 1 amide bonds. The maximum atomic E-state index is 12.0. The summed E-state index contributed by atoms with van der Waals surface area (Å²) in [5.41, 5.74) is 7.09. The number of likely N-dealkylation sites (tertiary alicyclic amines) is 1. The van der Waals surface area contributed by atoms with E-state index in [-0.39, 0.29) is 12.1 Å². The number of piperidine rings is 1. The summed E-state index contributed by atoms with van der Waals surface area (Å²) in [5, 5.41) is 0. The lowest BCUT2D eigenvalue weighted by molar-refractivity contribution is 0.0796. The van der Waals surface area contributed by atoms with Gasteiger partial charge in [-0.25, -0.2) is 4.79 Å². The van der Waals surface area contributed by atoms with E-state index in [4.69, 9.17) is 10.5 Å². The monoisotopic (exact) mass is 276 g/mol. The van der Waals surface area contributed by atoms with E-state index in [1.54, 1.807) is 4.90 Å². The second-order valence-electron chi connectivity index (χ2n) is 5.44. The molecule has 2 N–H and O–H groups in total. The van der Waals surface area contributed by atoms with Crippen LogP contribution in [0, 0.1) is 5.92 Å². The Morgan fingerprint density at radius 3 is 2.60 bits per heavy atom. The molecule has 0 saturated carbocycles. The lowest BCUT2D eigenvalue weighted by Gasteiger charge is -2.33. The molecular formula is C16H24N2O2. The zero-order valence-corrected chi connectivity index (χ0v) is 12.1. The van der Waals surface area contributed by atoms with Crippen molar-refractivity contribution in [2.24, 2.45) is 11.7 Å². The number of ether oxygens (including phenoxy) is 1. The highest BCUT2D eigenvalue weighted by Crippen LogP contribution is 2.21. The minimum Gasteiger partial charge on any atom is -0.445 e. The fourth-order valence-corrected chi connectivity index (χ4v) is 2.65. The van der Waals surface area contributed by atoms with Crippen LogP contribution in [0.4, 0.5) is 4.79 Å². The van der Waals surface area contributed by atoms with E-state index >= 15 is 0 Å². The highest BCUT2D eigenvalue weighted by molar-refractivity contribution is 5.67. The Kier molecular flexibility index (Phi) is 5.41. The Labute approximate surface area is 120 Å². The molecule has 0 aliphatic carbocycles. The van der Waals surface area contributed by atoms with Crippen LogP contribution in [0.25, 0.3) is 0 Å². The van der Waals surface area contributed by atoms with Crippen LogP contribution < -0.4 is 5.73 Å². The smallest absolute Gasteiger partial charge is 0.410 e. The van der Waals surface area contributed by atoms with Crippen LogP contribution >= 0.6 is 0 Å². The van der Waals surface area contributed by atoms with E-state index in [1.165, 1.54) is 0 Å². The molecule has 1 atom stereocenters. The summed E-state index contributed by atoms with van der Waals surface area (Å²) in [6, 6.07) is 10.0. The van der Waals surface area contributed by atoms with Gasteiger partial charge in [-0.1, -0.05) is 37.3 Å². The van der Waals surface area contributed by atoms with Crippen LogP contribution in [0.3, 0.4) is 0 Å². The number of carbonyl (C=O) groups excluding carboxylic acids is 1. The van der Waals surface area contributed by atoms with Crippen LogP contribution in [0.5, 0.6) is 0 Å². The van der Waals surface area contributed by atoms with Gasteiger partial charge in [-0.05, 0) is 30.7 Å². The van der Waals surface area contributed by atoms with Gasteiger partial charge < -0.3 is 15.4 Å². The van der Waals surface area contributed by atoms with Gasteiger partial charge in [-0.3, -0.25) is 0 Å². The summed E-state index contributed by atoms with van der Waals surface area (Å²) >= 11 is 0. The van der Waals surface area contributed by atoms with Crippen LogP contribution in [0.1, 0.15) is 31.7 Å². The molecule has 0 radical (unpaired) electrons. The zero-order chi connectivity index (χ0) is 14.4. The zero-order valence-electron chi connectivity index (χ0n) is 12.1. The lowest BCUT2D eigenvalue weighted by atomic mass is 9.89. The van der Waals surface area contributed by atoms with Crippen molar-refractivity contribution in [3.05, 3.63) is 35.9 Å². The molecule has 4 heteroatoms. The molecule has 1 saturated heterocycles. The van der Waals surface area contributed by atoms with Gasteiger partial charge in [0.1, 0.15) is 6.61 Å². The van der Waals surface area contributed by atoms with Crippen molar-refractivity contribution in [2.75, 3.05) is 13.1 Å². The van der Waals surface area contributed by atoms with Crippen molar-refractivity contribution in [1.29, 1.82) is 0 Å². The van der Waals surface area contributed by atoms with Crippen molar-refractivity contribution in [1.82, 2.24) is 4.90 Å². The van der Waals surface area contributed by atoms with Crippen molar-refractivity contribution in [2.45, 2.75) is 38.8 Å². The third-order valence-corrected chi connectivity index (χ3v) is 4.08. The first-order valence-corrected chi connectivity index (χ1v) is 7.42. The minimum atomic E-state index is -0.211. The molecule has 20 heavy (non-hydrogen) atoms. The third-order valence-electron chi connectivity index (χ3n) is 4.08. The minimum absolute atomic E-state index is 0.211. The van der Waals surface area contributed by atoms with E-state index in [0.717, 1.165) is 37.9 Å². The summed E-state index contributed by atoms with van der Waals surface area (Å²) < 4.78 is 5.35. The maximum Gasteiger partial charge on any atom is 0.410 e. The van der Waals surface area contributed by atoms with Crippen molar-refractivity contribution < 1.29 is 9.53 Å². The molecule has 1 aliphatic rings. The molecule has 1 aliphatic heterocycles. The molecule has 0 bridgehead atoms. The van der Waals surface area contributed by atoms with E-state index < -0.39 is 0 Å². The topological polar surface area (TPSA) is 55.6 Å². The van der Waals surface area contributed by atoms with Crippen molar-refractivity contribution in [3.63, 3.8) is 0 Å². The summed E-state index contributed by atoms with van der Waals surface area (Å²) in [6.07, 6.45) is 2.76. The Morgan fingerprint density at radius 1 is 1.35 bits per heavy atom. The SMILES string of the molecule is CCC(N)C1CCN(C(=O)OCc2ccccc2)CC1. The fraction of sp³-hybridized carbons (Fsp3) is 0.562. The van der Waals surface area contributed by atoms with Gasteiger partial charge in [0.2, 0.25) is 0 Å². The third kappa shape index (κ3) is 3.97. The normalized spacial score (nSPS) is 17.8. The highest BCUT2D eigenvalue weighted by atomic mass is 16.6. The van der Waals surface area contributed by atoms with Crippen molar-refractivity contribution in [3.8, 4) is 0 Å². The van der Waals surface area contributed by atoms with Gasteiger partial charge in [0.25, 0.3) is 0 Å². The molecule has 1 unspecified atom stereocenters. The van der Waals surface area contributed by atoms with Crippen LogP contribution in [-0.2, 0) is 11.3 Å². The molecule has 2 rings (SSSR count). The average Bonchev–Trinajstić information content (AvgIpc) is 2.53. The maximum absolute atomic E-state index is 12.0. The summed E-state index contributed by atoms with van der Waals surface area (Å²) in [5.74, 6) is 0.540. The molecule has 1 fully saturated rings. The van der Waals surface area contributed by atoms with Gasteiger partial charge in [-0.15, -0.1) is 0 Å². The Morgan fingerprint density at radius 2 is 2.00 bits per heavy atom. The summed E-state index contributed by atoms with van der Waals surface area (Å²) in [4.78, 5) is 13.8. The van der Waals surface area contributed by atoms with Gasteiger partial charge in [0.05, 0.1) is 0 Å². The van der Waals surface area contributed by atoms with Gasteiger partial charge in [0, 0.05) is 19.1 Å². The van der Waals surface area contributed by atoms with E-state index in [0.29, 0.717) is 12.5 Å². The number of hydrogen-bond acceptors (Lipinski definition) is 3. The standard InChI is InChI=1S/C16H24N2O2/c1-2-15(17)14-8-10-18(11-9-14)16(19)20-12-13-6-4-3-5-7-13/h3-7,14-15H,2,8-12,17H2,1H3. The molecule has 0 aromatic heterocycles.